The number of hydrogen-bond acceptors (Lipinski definition) is 3. The second kappa shape index (κ2) is 4.72. The SMILES string of the molecule is Brc1ccc(Oc2cnc(Br)cn2)cc1. The van der Waals surface area contributed by atoms with Crippen molar-refractivity contribution in [1.29, 1.82) is 0 Å². The van der Waals surface area contributed by atoms with Gasteiger partial charge in [0, 0.05) is 4.47 Å². The Kier molecular flexibility index (Phi) is 3.33. The van der Waals surface area contributed by atoms with Gasteiger partial charge in [-0.05, 0) is 40.2 Å². The van der Waals surface area contributed by atoms with Gasteiger partial charge in [-0.2, -0.15) is 0 Å². The highest BCUT2D eigenvalue weighted by molar-refractivity contribution is 9.10. The first-order valence-electron chi connectivity index (χ1n) is 4.15. The van der Waals surface area contributed by atoms with E-state index in [4.69, 9.17) is 4.74 Å². The van der Waals surface area contributed by atoms with Crippen molar-refractivity contribution in [2.45, 2.75) is 0 Å². The molecule has 0 saturated carbocycles. The largest absolute Gasteiger partial charge is 0.438 e. The van der Waals surface area contributed by atoms with Gasteiger partial charge in [-0.15, -0.1) is 0 Å². The fraction of sp³-hybridized carbons (Fsp3) is 0. The number of aromatic nitrogens is 2. The van der Waals surface area contributed by atoms with Crippen LogP contribution in [0.4, 0.5) is 0 Å². The zero-order valence-corrected chi connectivity index (χ0v) is 10.7. The molecule has 76 valence electrons. The van der Waals surface area contributed by atoms with Gasteiger partial charge in [0.25, 0.3) is 0 Å². The van der Waals surface area contributed by atoms with Crippen LogP contribution >= 0.6 is 31.9 Å². The van der Waals surface area contributed by atoms with E-state index in [0.29, 0.717) is 10.5 Å². The van der Waals surface area contributed by atoms with Gasteiger partial charge in [0.1, 0.15) is 10.4 Å². The molecule has 0 atom stereocenters. The number of halogens is 2. The van der Waals surface area contributed by atoms with Crippen LogP contribution in [0, 0.1) is 0 Å². The summed E-state index contributed by atoms with van der Waals surface area (Å²) in [7, 11) is 0. The van der Waals surface area contributed by atoms with E-state index in [-0.39, 0.29) is 0 Å². The van der Waals surface area contributed by atoms with E-state index >= 15 is 0 Å². The standard InChI is InChI=1S/C10H6Br2N2O/c11-7-1-3-8(4-2-7)15-10-6-13-9(12)5-14-10/h1-6H. The molecule has 0 aliphatic rings. The molecule has 0 unspecified atom stereocenters. The molecule has 1 aromatic carbocycles. The molecule has 0 amide bonds. The smallest absolute Gasteiger partial charge is 0.237 e. The molecule has 0 saturated heterocycles. The van der Waals surface area contributed by atoms with Crippen molar-refractivity contribution in [3.8, 4) is 11.6 Å². The van der Waals surface area contributed by atoms with Crippen LogP contribution in [0.2, 0.25) is 0 Å². The average Bonchev–Trinajstić information content (AvgIpc) is 2.25. The lowest BCUT2D eigenvalue weighted by molar-refractivity contribution is 0.459. The van der Waals surface area contributed by atoms with Crippen molar-refractivity contribution in [3.05, 3.63) is 45.7 Å². The maximum Gasteiger partial charge on any atom is 0.237 e. The molecule has 5 heteroatoms. The predicted octanol–water partition coefficient (Wildman–Crippen LogP) is 3.79. The minimum absolute atomic E-state index is 0.473. The molecular weight excluding hydrogens is 324 g/mol. The summed E-state index contributed by atoms with van der Waals surface area (Å²) in [6, 6.07) is 7.52. The van der Waals surface area contributed by atoms with E-state index in [1.54, 1.807) is 12.4 Å². The van der Waals surface area contributed by atoms with E-state index < -0.39 is 0 Å². The molecule has 0 spiro atoms. The lowest BCUT2D eigenvalue weighted by Crippen LogP contribution is -1.88. The van der Waals surface area contributed by atoms with E-state index in [0.717, 1.165) is 10.2 Å². The first-order chi connectivity index (χ1) is 7.24. The third kappa shape index (κ3) is 3.00. The van der Waals surface area contributed by atoms with Crippen LogP contribution in [0.1, 0.15) is 0 Å². The summed E-state index contributed by atoms with van der Waals surface area (Å²) in [6.07, 6.45) is 3.15. The van der Waals surface area contributed by atoms with Crippen LogP contribution in [-0.4, -0.2) is 9.97 Å². The third-order valence-corrected chi connectivity index (χ3v) is 2.57. The minimum Gasteiger partial charge on any atom is -0.438 e. The Morgan fingerprint density at radius 1 is 0.933 bits per heavy atom. The molecule has 2 aromatic rings. The zero-order valence-electron chi connectivity index (χ0n) is 7.52. The van der Waals surface area contributed by atoms with E-state index in [9.17, 15) is 0 Å². The number of hydrogen-bond donors (Lipinski definition) is 0. The summed E-state index contributed by atoms with van der Waals surface area (Å²) in [6.45, 7) is 0. The van der Waals surface area contributed by atoms with Gasteiger partial charge in [-0.25, -0.2) is 9.97 Å². The van der Waals surface area contributed by atoms with Crippen molar-refractivity contribution >= 4 is 31.9 Å². The molecule has 0 aliphatic carbocycles. The van der Waals surface area contributed by atoms with Crippen molar-refractivity contribution in [3.63, 3.8) is 0 Å². The maximum atomic E-state index is 5.47. The average molecular weight is 330 g/mol. The van der Waals surface area contributed by atoms with Gasteiger partial charge < -0.3 is 4.74 Å². The summed E-state index contributed by atoms with van der Waals surface area (Å²) in [5.41, 5.74) is 0. The molecule has 1 aromatic heterocycles. The molecule has 0 radical (unpaired) electrons. The number of ether oxygens (including phenoxy) is 1. The van der Waals surface area contributed by atoms with Crippen LogP contribution in [0.3, 0.4) is 0 Å². The normalized spacial score (nSPS) is 10.0. The summed E-state index contributed by atoms with van der Waals surface area (Å²) in [4.78, 5) is 8.07. The Labute approximate surface area is 104 Å². The van der Waals surface area contributed by atoms with Crippen LogP contribution < -0.4 is 4.74 Å². The second-order valence-corrected chi connectivity index (χ2v) is 4.46. The third-order valence-electron chi connectivity index (χ3n) is 1.63. The molecule has 0 aliphatic heterocycles. The summed E-state index contributed by atoms with van der Waals surface area (Å²) in [5.74, 6) is 1.20. The molecule has 0 fully saturated rings. The monoisotopic (exact) mass is 328 g/mol. The van der Waals surface area contributed by atoms with Gasteiger partial charge in [0.15, 0.2) is 0 Å². The first kappa shape index (κ1) is 10.6. The Morgan fingerprint density at radius 2 is 1.67 bits per heavy atom. The van der Waals surface area contributed by atoms with Crippen LogP contribution in [0.15, 0.2) is 45.7 Å². The van der Waals surface area contributed by atoms with E-state index in [1.807, 2.05) is 24.3 Å². The predicted molar refractivity (Wildman–Crippen MR) is 63.9 cm³/mol. The lowest BCUT2D eigenvalue weighted by Gasteiger charge is -2.03. The van der Waals surface area contributed by atoms with Gasteiger partial charge >= 0.3 is 0 Å². The number of rotatable bonds is 2. The quantitative estimate of drug-likeness (QED) is 0.840. The van der Waals surface area contributed by atoms with Crippen molar-refractivity contribution < 1.29 is 4.74 Å². The fourth-order valence-electron chi connectivity index (χ4n) is 0.977. The van der Waals surface area contributed by atoms with Crippen molar-refractivity contribution in [2.24, 2.45) is 0 Å². The van der Waals surface area contributed by atoms with Crippen LogP contribution in [-0.2, 0) is 0 Å². The molecule has 15 heavy (non-hydrogen) atoms. The Balaban J connectivity index is 2.15. The Hall–Kier alpha value is -0.940. The molecular formula is C10H6Br2N2O. The van der Waals surface area contributed by atoms with Crippen molar-refractivity contribution in [2.75, 3.05) is 0 Å². The highest BCUT2D eigenvalue weighted by atomic mass is 79.9. The van der Waals surface area contributed by atoms with Gasteiger partial charge in [-0.3, -0.25) is 0 Å². The van der Waals surface area contributed by atoms with Gasteiger partial charge in [0.05, 0.1) is 12.4 Å². The number of benzene rings is 1. The first-order valence-corrected chi connectivity index (χ1v) is 5.73. The Morgan fingerprint density at radius 3 is 2.27 bits per heavy atom. The van der Waals surface area contributed by atoms with Crippen molar-refractivity contribution in [1.82, 2.24) is 9.97 Å². The molecule has 0 bridgehead atoms. The zero-order chi connectivity index (χ0) is 10.7. The van der Waals surface area contributed by atoms with Gasteiger partial charge in [-0.1, -0.05) is 15.9 Å². The maximum absolute atomic E-state index is 5.47. The highest BCUT2D eigenvalue weighted by Crippen LogP contribution is 2.21. The van der Waals surface area contributed by atoms with Gasteiger partial charge in [0.2, 0.25) is 5.88 Å². The fourth-order valence-corrected chi connectivity index (χ4v) is 1.45. The highest BCUT2D eigenvalue weighted by Gasteiger charge is 1.98. The summed E-state index contributed by atoms with van der Waals surface area (Å²) >= 11 is 6.56. The molecule has 2 rings (SSSR count). The topological polar surface area (TPSA) is 35.0 Å². The lowest BCUT2D eigenvalue weighted by atomic mass is 10.3. The second-order valence-electron chi connectivity index (χ2n) is 2.73. The van der Waals surface area contributed by atoms with Crippen LogP contribution in [0.25, 0.3) is 0 Å². The number of nitrogens with zero attached hydrogens (tertiary/aromatic N) is 2. The minimum atomic E-state index is 0.473. The van der Waals surface area contributed by atoms with Crippen LogP contribution in [0.5, 0.6) is 11.6 Å². The van der Waals surface area contributed by atoms with E-state index in [2.05, 4.69) is 41.8 Å². The molecule has 1 heterocycles. The molecule has 3 nitrogen and oxygen atoms in total. The Bertz CT molecular complexity index is 398. The summed E-state index contributed by atoms with van der Waals surface area (Å²) < 4.78 is 7.17. The molecule has 0 N–H and O–H groups in total. The van der Waals surface area contributed by atoms with E-state index in [1.165, 1.54) is 0 Å². The summed E-state index contributed by atoms with van der Waals surface area (Å²) in [5, 5.41) is 0.